The maximum atomic E-state index is 5.94. The lowest BCUT2D eigenvalue weighted by Gasteiger charge is -2.37. The molecule has 1 heterocycles. The summed E-state index contributed by atoms with van der Waals surface area (Å²) >= 11 is 3.52. The molecule has 1 fully saturated rings. The molecule has 0 aliphatic heterocycles. The highest BCUT2D eigenvalue weighted by atomic mass is 79.9. The van der Waals surface area contributed by atoms with Gasteiger partial charge in [0.25, 0.3) is 0 Å². The number of nitrogens with zero attached hydrogens (tertiary/aromatic N) is 3. The summed E-state index contributed by atoms with van der Waals surface area (Å²) in [7, 11) is 3.76. The van der Waals surface area contributed by atoms with Crippen molar-refractivity contribution in [3.8, 4) is 0 Å². The molecule has 1 aliphatic carbocycles. The van der Waals surface area contributed by atoms with Crippen molar-refractivity contribution in [2.45, 2.75) is 50.7 Å². The van der Waals surface area contributed by atoms with E-state index in [1.54, 1.807) is 0 Å². The summed E-state index contributed by atoms with van der Waals surface area (Å²) < 4.78 is 8.60. The van der Waals surface area contributed by atoms with Crippen LogP contribution in [-0.2, 0) is 11.8 Å². The van der Waals surface area contributed by atoms with Crippen LogP contribution in [0.1, 0.15) is 50.8 Å². The average Bonchev–Trinajstić information content (AvgIpc) is 3.01. The van der Waals surface area contributed by atoms with Crippen molar-refractivity contribution in [1.29, 1.82) is 0 Å². The van der Waals surface area contributed by atoms with Gasteiger partial charge in [-0.05, 0) is 41.7 Å². The molecule has 1 aromatic heterocycles. The number of hydrogen-bond acceptors (Lipinski definition) is 4. The molecular formula is C13H23BrN4O. The smallest absolute Gasteiger partial charge is 0.153 e. The summed E-state index contributed by atoms with van der Waals surface area (Å²) in [6, 6.07) is 0.134. The number of hydrogen-bond donors (Lipinski definition) is 1. The summed E-state index contributed by atoms with van der Waals surface area (Å²) in [5.41, 5.74) is 0.949. The van der Waals surface area contributed by atoms with Gasteiger partial charge in [0.05, 0.1) is 17.3 Å². The summed E-state index contributed by atoms with van der Waals surface area (Å²) in [5, 5.41) is 11.9. The van der Waals surface area contributed by atoms with Gasteiger partial charge in [-0.25, -0.2) is 4.68 Å². The second-order valence-corrected chi connectivity index (χ2v) is 6.00. The van der Waals surface area contributed by atoms with Crippen molar-refractivity contribution >= 4 is 15.9 Å². The normalized spacial score (nSPS) is 19.8. The Bertz CT molecular complexity index is 395. The standard InChI is InChI=1S/C13H23BrN4O/c1-4-9-15-11(10-12(14)16-17-18(10)2)13(19-3)7-5-6-8-13/h11,15H,4-9H2,1-3H3. The average molecular weight is 331 g/mol. The monoisotopic (exact) mass is 330 g/mol. The maximum absolute atomic E-state index is 5.94. The molecule has 2 rings (SSSR count). The van der Waals surface area contributed by atoms with E-state index in [0.29, 0.717) is 0 Å². The molecule has 5 nitrogen and oxygen atoms in total. The molecule has 108 valence electrons. The molecule has 0 radical (unpaired) electrons. The minimum absolute atomic E-state index is 0.132. The van der Waals surface area contributed by atoms with Crippen molar-refractivity contribution in [1.82, 2.24) is 20.3 Å². The van der Waals surface area contributed by atoms with Crippen molar-refractivity contribution in [2.24, 2.45) is 7.05 Å². The highest BCUT2D eigenvalue weighted by molar-refractivity contribution is 9.10. The van der Waals surface area contributed by atoms with E-state index in [2.05, 4.69) is 38.5 Å². The van der Waals surface area contributed by atoms with E-state index in [1.165, 1.54) is 12.8 Å². The molecule has 6 heteroatoms. The number of halogens is 1. The van der Waals surface area contributed by atoms with Gasteiger partial charge in [0.2, 0.25) is 0 Å². The van der Waals surface area contributed by atoms with E-state index in [1.807, 2.05) is 18.8 Å². The van der Waals surface area contributed by atoms with E-state index in [9.17, 15) is 0 Å². The molecule has 19 heavy (non-hydrogen) atoms. The van der Waals surface area contributed by atoms with Gasteiger partial charge < -0.3 is 10.1 Å². The number of rotatable bonds is 6. The second kappa shape index (κ2) is 6.33. The van der Waals surface area contributed by atoms with Gasteiger partial charge in [-0.2, -0.15) is 0 Å². The fraction of sp³-hybridized carbons (Fsp3) is 0.846. The zero-order valence-corrected chi connectivity index (χ0v) is 13.5. The van der Waals surface area contributed by atoms with E-state index in [0.717, 1.165) is 36.1 Å². The number of nitrogens with one attached hydrogen (secondary N) is 1. The molecule has 0 spiro atoms. The van der Waals surface area contributed by atoms with E-state index >= 15 is 0 Å². The van der Waals surface area contributed by atoms with Crippen LogP contribution in [-0.4, -0.2) is 34.2 Å². The Labute approximate surface area is 123 Å². The zero-order chi connectivity index (χ0) is 13.9. The maximum Gasteiger partial charge on any atom is 0.153 e. The van der Waals surface area contributed by atoms with Crippen LogP contribution in [0.15, 0.2) is 4.60 Å². The first kappa shape index (κ1) is 14.9. The highest BCUT2D eigenvalue weighted by Gasteiger charge is 2.44. The van der Waals surface area contributed by atoms with Gasteiger partial charge in [0, 0.05) is 14.2 Å². The molecule has 0 saturated heterocycles. The highest BCUT2D eigenvalue weighted by Crippen LogP contribution is 2.43. The van der Waals surface area contributed by atoms with E-state index in [4.69, 9.17) is 4.74 Å². The van der Waals surface area contributed by atoms with Crippen LogP contribution in [0.2, 0.25) is 0 Å². The zero-order valence-electron chi connectivity index (χ0n) is 11.9. The van der Waals surface area contributed by atoms with Gasteiger partial charge in [-0.15, -0.1) is 5.10 Å². The third-order valence-electron chi connectivity index (χ3n) is 4.08. The molecular weight excluding hydrogens is 308 g/mol. The van der Waals surface area contributed by atoms with Crippen LogP contribution < -0.4 is 5.32 Å². The van der Waals surface area contributed by atoms with Crippen molar-refractivity contribution in [3.63, 3.8) is 0 Å². The fourth-order valence-corrected chi connectivity index (χ4v) is 3.61. The molecule has 0 aromatic carbocycles. The van der Waals surface area contributed by atoms with Crippen LogP contribution in [0.5, 0.6) is 0 Å². The van der Waals surface area contributed by atoms with Crippen molar-refractivity contribution in [3.05, 3.63) is 10.3 Å². The van der Waals surface area contributed by atoms with Gasteiger partial charge in [-0.3, -0.25) is 0 Å². The SMILES string of the molecule is CCCNC(c1c(Br)nnn1C)C1(OC)CCCC1. The molecule has 1 unspecified atom stereocenters. The third-order valence-corrected chi connectivity index (χ3v) is 4.65. The Morgan fingerprint density at radius 3 is 2.63 bits per heavy atom. The topological polar surface area (TPSA) is 52.0 Å². The van der Waals surface area contributed by atoms with Crippen LogP contribution in [0.3, 0.4) is 0 Å². The third kappa shape index (κ3) is 2.85. The lowest BCUT2D eigenvalue weighted by Crippen LogP contribution is -2.45. The molecule has 1 atom stereocenters. The van der Waals surface area contributed by atoms with E-state index in [-0.39, 0.29) is 11.6 Å². The Morgan fingerprint density at radius 1 is 1.47 bits per heavy atom. The fourth-order valence-electron chi connectivity index (χ4n) is 3.05. The van der Waals surface area contributed by atoms with Gasteiger partial charge in [0.15, 0.2) is 4.60 Å². The van der Waals surface area contributed by atoms with Crippen molar-refractivity contribution in [2.75, 3.05) is 13.7 Å². The van der Waals surface area contributed by atoms with Crippen LogP contribution in [0.25, 0.3) is 0 Å². The summed E-state index contributed by atoms with van der Waals surface area (Å²) in [5.74, 6) is 0. The quantitative estimate of drug-likeness (QED) is 0.870. The number of aromatic nitrogens is 3. The predicted molar refractivity (Wildman–Crippen MR) is 77.9 cm³/mol. The first-order chi connectivity index (χ1) is 9.14. The second-order valence-electron chi connectivity index (χ2n) is 5.25. The van der Waals surface area contributed by atoms with Gasteiger partial charge in [-0.1, -0.05) is 25.0 Å². The first-order valence-electron chi connectivity index (χ1n) is 6.98. The molecule has 1 aliphatic rings. The molecule has 1 N–H and O–H groups in total. The molecule has 1 aromatic rings. The van der Waals surface area contributed by atoms with Crippen LogP contribution >= 0.6 is 15.9 Å². The first-order valence-corrected chi connectivity index (χ1v) is 7.77. The van der Waals surface area contributed by atoms with Crippen molar-refractivity contribution < 1.29 is 4.74 Å². The number of aryl methyl sites for hydroxylation is 1. The summed E-state index contributed by atoms with van der Waals surface area (Å²) in [6.07, 6.45) is 5.71. The summed E-state index contributed by atoms with van der Waals surface area (Å²) in [4.78, 5) is 0. The Balaban J connectivity index is 2.35. The largest absolute Gasteiger partial charge is 0.376 e. The number of ether oxygens (including phenoxy) is 1. The lowest BCUT2D eigenvalue weighted by atomic mass is 9.89. The Kier molecular flexibility index (Phi) is 4.97. The lowest BCUT2D eigenvalue weighted by molar-refractivity contribution is -0.0389. The molecule has 1 saturated carbocycles. The summed E-state index contributed by atoms with van der Waals surface area (Å²) in [6.45, 7) is 3.14. The minimum Gasteiger partial charge on any atom is -0.376 e. The molecule has 0 bridgehead atoms. The Morgan fingerprint density at radius 2 is 2.16 bits per heavy atom. The predicted octanol–water partition coefficient (Wildman–Crippen LogP) is 2.58. The van der Waals surface area contributed by atoms with E-state index < -0.39 is 0 Å². The minimum atomic E-state index is -0.132. The Hall–Kier alpha value is -0.460. The van der Waals surface area contributed by atoms with Gasteiger partial charge in [0.1, 0.15) is 0 Å². The van der Waals surface area contributed by atoms with Crippen LogP contribution in [0, 0.1) is 0 Å². The van der Waals surface area contributed by atoms with Gasteiger partial charge >= 0.3 is 0 Å². The number of methoxy groups -OCH3 is 1. The van der Waals surface area contributed by atoms with Crippen LogP contribution in [0.4, 0.5) is 0 Å². The molecule has 0 amide bonds.